The first-order chi connectivity index (χ1) is 19.1. The predicted octanol–water partition coefficient (Wildman–Crippen LogP) is 5.14. The van der Waals surface area contributed by atoms with E-state index < -0.39 is 5.91 Å². The molecule has 1 saturated heterocycles. The lowest BCUT2D eigenvalue weighted by Gasteiger charge is -2.33. The first-order valence-corrected chi connectivity index (χ1v) is 13.3. The molecule has 0 unspecified atom stereocenters. The molecule has 8 nitrogen and oxygen atoms in total. The summed E-state index contributed by atoms with van der Waals surface area (Å²) in [4.78, 5) is 27.3. The van der Waals surface area contributed by atoms with Gasteiger partial charge in [0.1, 0.15) is 12.4 Å². The molecule has 1 fully saturated rings. The molecule has 200 valence electrons. The zero-order valence-electron chi connectivity index (χ0n) is 21.4. The highest BCUT2D eigenvalue weighted by Gasteiger charge is 2.24. The number of aromatic amines is 1. The molecular formula is C30H30ClN5O3. The number of hydrogen-bond acceptors (Lipinski definition) is 5. The number of rotatable bonds is 9. The summed E-state index contributed by atoms with van der Waals surface area (Å²) in [5.41, 5.74) is 3.62. The highest BCUT2D eigenvalue weighted by atomic mass is 35.5. The fourth-order valence-corrected chi connectivity index (χ4v) is 4.75. The molecule has 2 heterocycles. The summed E-state index contributed by atoms with van der Waals surface area (Å²) in [7, 11) is 0. The van der Waals surface area contributed by atoms with Crippen LogP contribution in [0, 0.1) is 0 Å². The van der Waals surface area contributed by atoms with Crippen molar-refractivity contribution >= 4 is 29.1 Å². The van der Waals surface area contributed by atoms with E-state index in [1.807, 2.05) is 78.9 Å². The Morgan fingerprint density at radius 3 is 2.49 bits per heavy atom. The Morgan fingerprint density at radius 1 is 0.974 bits per heavy atom. The van der Waals surface area contributed by atoms with E-state index in [4.69, 9.17) is 16.3 Å². The van der Waals surface area contributed by atoms with E-state index in [0.29, 0.717) is 36.2 Å². The molecule has 1 aliphatic rings. The zero-order chi connectivity index (χ0) is 27.0. The van der Waals surface area contributed by atoms with E-state index in [-0.39, 0.29) is 24.2 Å². The van der Waals surface area contributed by atoms with Gasteiger partial charge in [-0.15, -0.1) is 0 Å². The smallest absolute Gasteiger partial charge is 0.272 e. The van der Waals surface area contributed by atoms with Gasteiger partial charge < -0.3 is 20.3 Å². The number of halogens is 1. The number of anilines is 1. The topological polar surface area (TPSA) is 99.4 Å². The molecule has 9 heteroatoms. The Balaban J connectivity index is 1.12. The summed E-state index contributed by atoms with van der Waals surface area (Å²) in [6, 6.07) is 27.0. The molecule has 0 bridgehead atoms. The van der Waals surface area contributed by atoms with Gasteiger partial charge in [-0.05, 0) is 48.7 Å². The van der Waals surface area contributed by atoms with Crippen LogP contribution in [-0.2, 0) is 11.4 Å². The number of para-hydroxylation sites is 2. The van der Waals surface area contributed by atoms with Crippen LogP contribution in [0.2, 0.25) is 5.02 Å². The summed E-state index contributed by atoms with van der Waals surface area (Å²) in [6.45, 7) is 1.57. The Hall–Kier alpha value is -4.30. The molecule has 1 aromatic heterocycles. The van der Waals surface area contributed by atoms with Gasteiger partial charge in [0.15, 0.2) is 5.69 Å². The third-order valence-corrected chi connectivity index (χ3v) is 7.04. The maximum Gasteiger partial charge on any atom is 0.272 e. The molecule has 3 N–H and O–H groups in total. The first kappa shape index (κ1) is 26.3. The number of carbonyl (C=O) groups is 2. The lowest BCUT2D eigenvalue weighted by molar-refractivity contribution is -0.131. The summed E-state index contributed by atoms with van der Waals surface area (Å²) in [5.74, 6) is 0.151. The van der Waals surface area contributed by atoms with E-state index >= 15 is 0 Å². The van der Waals surface area contributed by atoms with E-state index in [1.54, 1.807) is 11.0 Å². The van der Waals surface area contributed by atoms with Crippen LogP contribution in [0.5, 0.6) is 5.75 Å². The van der Waals surface area contributed by atoms with Gasteiger partial charge in [-0.3, -0.25) is 14.7 Å². The Kier molecular flexibility index (Phi) is 8.43. The molecule has 0 aliphatic carbocycles. The number of H-pyrrole nitrogens is 1. The number of hydrogen-bond donors (Lipinski definition) is 3. The monoisotopic (exact) mass is 543 g/mol. The van der Waals surface area contributed by atoms with Gasteiger partial charge in [0.05, 0.1) is 22.9 Å². The zero-order valence-corrected chi connectivity index (χ0v) is 22.2. The quantitative estimate of drug-likeness (QED) is 0.271. The highest BCUT2D eigenvalue weighted by molar-refractivity contribution is 6.33. The van der Waals surface area contributed by atoms with Crippen LogP contribution in [-0.4, -0.2) is 52.6 Å². The third kappa shape index (κ3) is 6.78. The molecule has 5 rings (SSSR count). The predicted molar refractivity (Wildman–Crippen MR) is 152 cm³/mol. The second kappa shape index (κ2) is 12.5. The van der Waals surface area contributed by atoms with Gasteiger partial charge >= 0.3 is 0 Å². The second-order valence-electron chi connectivity index (χ2n) is 9.40. The maximum absolute atomic E-state index is 12.7. The van der Waals surface area contributed by atoms with Gasteiger partial charge in [-0.25, -0.2) is 0 Å². The van der Waals surface area contributed by atoms with Crippen molar-refractivity contribution in [1.82, 2.24) is 20.4 Å². The molecule has 0 radical (unpaired) electrons. The normalized spacial score (nSPS) is 13.6. The Labute approximate surface area is 232 Å². The maximum atomic E-state index is 12.7. The van der Waals surface area contributed by atoms with Crippen LogP contribution >= 0.6 is 11.6 Å². The molecule has 4 aromatic rings. The van der Waals surface area contributed by atoms with Crippen molar-refractivity contribution in [3.8, 4) is 17.0 Å². The number of carbonyl (C=O) groups excluding carboxylic acids is 2. The molecule has 2 amide bonds. The minimum absolute atomic E-state index is 0.0829. The van der Waals surface area contributed by atoms with Crippen molar-refractivity contribution in [2.75, 3.05) is 25.0 Å². The number of nitrogens with zero attached hydrogens (tertiary/aromatic N) is 2. The van der Waals surface area contributed by atoms with Crippen molar-refractivity contribution in [2.45, 2.75) is 25.5 Å². The molecule has 0 spiro atoms. The summed E-state index contributed by atoms with van der Waals surface area (Å²) in [6.07, 6.45) is 1.61. The van der Waals surface area contributed by atoms with E-state index in [0.717, 1.165) is 29.7 Å². The van der Waals surface area contributed by atoms with Crippen LogP contribution in [0.15, 0.2) is 84.9 Å². The van der Waals surface area contributed by atoms with Crippen LogP contribution in [0.1, 0.15) is 28.9 Å². The van der Waals surface area contributed by atoms with Gasteiger partial charge in [-0.1, -0.05) is 66.2 Å². The number of likely N-dealkylation sites (tertiary alicyclic amines) is 1. The van der Waals surface area contributed by atoms with Gasteiger partial charge in [-0.2, -0.15) is 5.10 Å². The number of ether oxygens (including phenoxy) is 1. The average molecular weight is 544 g/mol. The van der Waals surface area contributed by atoms with Crippen LogP contribution in [0.4, 0.5) is 5.69 Å². The fourth-order valence-electron chi connectivity index (χ4n) is 4.56. The SMILES string of the molecule is O=C(NCC(=O)N1CCC(Nc2ccccc2Cl)CC1)c1cc(-c2ccccc2OCc2ccccc2)[nH]n1. The second-order valence-corrected chi connectivity index (χ2v) is 9.81. The van der Waals surface area contributed by atoms with Crippen molar-refractivity contribution in [2.24, 2.45) is 0 Å². The molecular weight excluding hydrogens is 514 g/mol. The molecule has 1 aliphatic heterocycles. The lowest BCUT2D eigenvalue weighted by Crippen LogP contribution is -2.46. The standard InChI is InChI=1S/C30H30ClN5O3/c31-24-11-5-6-12-25(24)33-22-14-16-36(17-15-22)29(37)19-32-30(38)27-18-26(34-35-27)23-10-4-7-13-28(23)39-20-21-8-2-1-3-9-21/h1-13,18,22,33H,14-17,19-20H2,(H,32,38)(H,34,35). The highest BCUT2D eigenvalue weighted by Crippen LogP contribution is 2.29. The summed E-state index contributed by atoms with van der Waals surface area (Å²) < 4.78 is 6.03. The summed E-state index contributed by atoms with van der Waals surface area (Å²) in [5, 5.41) is 13.9. The van der Waals surface area contributed by atoms with Gasteiger partial charge in [0.25, 0.3) is 5.91 Å². The Morgan fingerprint density at radius 2 is 1.69 bits per heavy atom. The van der Waals surface area contributed by atoms with Crippen molar-refractivity contribution in [1.29, 1.82) is 0 Å². The van der Waals surface area contributed by atoms with Crippen LogP contribution < -0.4 is 15.4 Å². The minimum Gasteiger partial charge on any atom is -0.488 e. The largest absolute Gasteiger partial charge is 0.488 e. The molecule has 0 saturated carbocycles. The average Bonchev–Trinajstić information content (AvgIpc) is 3.47. The Bertz CT molecular complexity index is 1420. The molecule has 0 atom stereocenters. The van der Waals surface area contributed by atoms with E-state index in [9.17, 15) is 9.59 Å². The number of nitrogens with one attached hydrogen (secondary N) is 3. The van der Waals surface area contributed by atoms with Crippen LogP contribution in [0.25, 0.3) is 11.3 Å². The van der Waals surface area contributed by atoms with E-state index in [1.165, 1.54) is 0 Å². The fraction of sp³-hybridized carbons (Fsp3) is 0.233. The first-order valence-electron chi connectivity index (χ1n) is 13.0. The van der Waals surface area contributed by atoms with Crippen molar-refractivity contribution in [3.63, 3.8) is 0 Å². The summed E-state index contributed by atoms with van der Waals surface area (Å²) >= 11 is 6.24. The van der Waals surface area contributed by atoms with Gasteiger partial charge in [0, 0.05) is 24.7 Å². The van der Waals surface area contributed by atoms with E-state index in [2.05, 4.69) is 20.8 Å². The molecule has 3 aromatic carbocycles. The van der Waals surface area contributed by atoms with Crippen molar-refractivity contribution < 1.29 is 14.3 Å². The third-order valence-electron chi connectivity index (χ3n) is 6.71. The number of piperidine rings is 1. The molecule has 39 heavy (non-hydrogen) atoms. The van der Waals surface area contributed by atoms with Gasteiger partial charge in [0.2, 0.25) is 5.91 Å². The minimum atomic E-state index is -0.413. The number of benzene rings is 3. The number of aromatic nitrogens is 2. The van der Waals surface area contributed by atoms with Crippen LogP contribution in [0.3, 0.4) is 0 Å². The lowest BCUT2D eigenvalue weighted by atomic mass is 10.0. The number of amides is 2. The van der Waals surface area contributed by atoms with Crippen molar-refractivity contribution in [3.05, 3.63) is 101 Å².